The SMILES string of the molecule is Cc1ccc(C(=O)NCCCc2nc3ccccc3s2)c(O)c1. The van der Waals surface area contributed by atoms with Gasteiger partial charge in [0.2, 0.25) is 0 Å². The van der Waals surface area contributed by atoms with E-state index in [0.717, 1.165) is 28.9 Å². The molecular weight excluding hydrogens is 308 g/mol. The summed E-state index contributed by atoms with van der Waals surface area (Å²) in [4.78, 5) is 16.6. The van der Waals surface area contributed by atoms with Crippen LogP contribution in [0, 0.1) is 6.92 Å². The molecule has 5 heteroatoms. The highest BCUT2D eigenvalue weighted by Crippen LogP contribution is 2.22. The molecule has 0 radical (unpaired) electrons. The van der Waals surface area contributed by atoms with Crippen molar-refractivity contribution in [2.45, 2.75) is 19.8 Å². The number of thiazole rings is 1. The number of phenols is 1. The third-order valence-electron chi connectivity index (χ3n) is 3.59. The Balaban J connectivity index is 1.52. The lowest BCUT2D eigenvalue weighted by atomic mass is 10.1. The van der Waals surface area contributed by atoms with Crippen molar-refractivity contribution in [1.82, 2.24) is 10.3 Å². The number of fused-ring (bicyclic) bond motifs is 1. The minimum atomic E-state index is -0.244. The predicted molar refractivity (Wildman–Crippen MR) is 93.1 cm³/mol. The van der Waals surface area contributed by atoms with Crippen LogP contribution in [0.25, 0.3) is 10.2 Å². The quantitative estimate of drug-likeness (QED) is 0.703. The largest absolute Gasteiger partial charge is 0.507 e. The van der Waals surface area contributed by atoms with E-state index >= 15 is 0 Å². The molecule has 23 heavy (non-hydrogen) atoms. The zero-order valence-corrected chi connectivity index (χ0v) is 13.7. The number of carbonyl (C=O) groups is 1. The Hall–Kier alpha value is -2.40. The average Bonchev–Trinajstić information content (AvgIpc) is 2.94. The fourth-order valence-electron chi connectivity index (χ4n) is 2.40. The molecule has 0 fully saturated rings. The van der Waals surface area contributed by atoms with Gasteiger partial charge in [0.15, 0.2) is 0 Å². The van der Waals surface area contributed by atoms with Gasteiger partial charge >= 0.3 is 0 Å². The highest BCUT2D eigenvalue weighted by atomic mass is 32.1. The number of rotatable bonds is 5. The number of carbonyl (C=O) groups excluding carboxylic acids is 1. The molecule has 2 N–H and O–H groups in total. The van der Waals surface area contributed by atoms with Gasteiger partial charge < -0.3 is 10.4 Å². The first kappa shape index (κ1) is 15.5. The summed E-state index contributed by atoms with van der Waals surface area (Å²) in [7, 11) is 0. The number of nitrogens with zero attached hydrogens (tertiary/aromatic N) is 1. The molecule has 0 saturated heterocycles. The molecule has 2 aromatic carbocycles. The van der Waals surface area contributed by atoms with Gasteiger partial charge in [-0.1, -0.05) is 18.2 Å². The Morgan fingerprint density at radius 3 is 2.87 bits per heavy atom. The van der Waals surface area contributed by atoms with Gasteiger partial charge in [-0.15, -0.1) is 11.3 Å². The molecule has 0 spiro atoms. The van der Waals surface area contributed by atoms with E-state index in [0.29, 0.717) is 12.1 Å². The van der Waals surface area contributed by atoms with Crippen molar-refractivity contribution in [2.75, 3.05) is 6.54 Å². The van der Waals surface area contributed by atoms with Crippen LogP contribution in [0.5, 0.6) is 5.75 Å². The lowest BCUT2D eigenvalue weighted by Gasteiger charge is -2.07. The van der Waals surface area contributed by atoms with Crippen LogP contribution in [-0.2, 0) is 6.42 Å². The Morgan fingerprint density at radius 2 is 2.09 bits per heavy atom. The van der Waals surface area contributed by atoms with Gasteiger partial charge in [-0.25, -0.2) is 4.98 Å². The number of hydrogen-bond donors (Lipinski definition) is 2. The zero-order valence-electron chi connectivity index (χ0n) is 12.9. The lowest BCUT2D eigenvalue weighted by molar-refractivity contribution is 0.0950. The molecule has 1 heterocycles. The number of hydrogen-bond acceptors (Lipinski definition) is 4. The molecule has 0 atom stereocenters. The topological polar surface area (TPSA) is 62.2 Å². The third-order valence-corrected chi connectivity index (χ3v) is 4.69. The summed E-state index contributed by atoms with van der Waals surface area (Å²) >= 11 is 1.69. The first-order valence-corrected chi connectivity index (χ1v) is 8.37. The normalized spacial score (nSPS) is 10.8. The van der Waals surface area contributed by atoms with E-state index < -0.39 is 0 Å². The first-order valence-electron chi connectivity index (χ1n) is 7.56. The van der Waals surface area contributed by atoms with E-state index in [1.54, 1.807) is 23.5 Å². The molecule has 0 aliphatic rings. The fraction of sp³-hybridized carbons (Fsp3) is 0.222. The van der Waals surface area contributed by atoms with Crippen molar-refractivity contribution in [2.24, 2.45) is 0 Å². The summed E-state index contributed by atoms with van der Waals surface area (Å²) in [5, 5.41) is 13.7. The fourth-order valence-corrected chi connectivity index (χ4v) is 3.41. The molecule has 0 bridgehead atoms. The van der Waals surface area contributed by atoms with Crippen LogP contribution in [-0.4, -0.2) is 22.5 Å². The van der Waals surface area contributed by atoms with E-state index in [1.807, 2.05) is 31.2 Å². The number of phenolic OH excluding ortho intramolecular Hbond substituents is 1. The highest BCUT2D eigenvalue weighted by molar-refractivity contribution is 7.18. The number of amides is 1. The summed E-state index contributed by atoms with van der Waals surface area (Å²) in [6.45, 7) is 2.43. The molecule has 1 amide bonds. The van der Waals surface area contributed by atoms with Gasteiger partial charge in [0.05, 0.1) is 20.8 Å². The third kappa shape index (κ3) is 3.68. The molecule has 1 aromatic heterocycles. The maximum atomic E-state index is 12.0. The zero-order chi connectivity index (χ0) is 16.2. The van der Waals surface area contributed by atoms with Crippen LogP contribution in [0.1, 0.15) is 27.3 Å². The Kier molecular flexibility index (Phi) is 4.57. The number of benzene rings is 2. The number of aromatic nitrogens is 1. The summed E-state index contributed by atoms with van der Waals surface area (Å²) in [6.07, 6.45) is 1.65. The van der Waals surface area contributed by atoms with Crippen LogP contribution in [0.15, 0.2) is 42.5 Å². The van der Waals surface area contributed by atoms with Gasteiger partial charge in [-0.2, -0.15) is 0 Å². The van der Waals surface area contributed by atoms with Gasteiger partial charge in [-0.3, -0.25) is 4.79 Å². The summed E-state index contributed by atoms with van der Waals surface area (Å²) in [6, 6.07) is 13.1. The van der Waals surface area contributed by atoms with Crippen molar-refractivity contribution in [3.63, 3.8) is 0 Å². The van der Waals surface area contributed by atoms with E-state index in [2.05, 4.69) is 16.4 Å². The van der Waals surface area contributed by atoms with E-state index in [1.165, 1.54) is 4.70 Å². The smallest absolute Gasteiger partial charge is 0.255 e. The Labute approximate surface area is 138 Å². The molecule has 0 saturated carbocycles. The second-order valence-corrected chi connectivity index (χ2v) is 6.57. The van der Waals surface area contributed by atoms with Crippen molar-refractivity contribution < 1.29 is 9.90 Å². The summed E-state index contributed by atoms with van der Waals surface area (Å²) in [5.41, 5.74) is 2.27. The summed E-state index contributed by atoms with van der Waals surface area (Å²) in [5.74, 6) is -0.222. The maximum absolute atomic E-state index is 12.0. The molecule has 3 rings (SSSR count). The maximum Gasteiger partial charge on any atom is 0.255 e. The van der Waals surface area contributed by atoms with Crippen molar-refractivity contribution >= 4 is 27.5 Å². The number of nitrogens with one attached hydrogen (secondary N) is 1. The highest BCUT2D eigenvalue weighted by Gasteiger charge is 2.10. The minimum Gasteiger partial charge on any atom is -0.507 e. The van der Waals surface area contributed by atoms with Crippen LogP contribution in [0.3, 0.4) is 0 Å². The molecule has 0 aliphatic heterocycles. The van der Waals surface area contributed by atoms with Crippen LogP contribution in [0.4, 0.5) is 0 Å². The molecule has 0 unspecified atom stereocenters. The van der Waals surface area contributed by atoms with Gasteiger partial charge in [0.1, 0.15) is 5.75 Å². The molecule has 3 aromatic rings. The minimum absolute atomic E-state index is 0.0219. The summed E-state index contributed by atoms with van der Waals surface area (Å²) < 4.78 is 1.19. The van der Waals surface area contributed by atoms with Gasteiger partial charge in [0.25, 0.3) is 5.91 Å². The van der Waals surface area contributed by atoms with E-state index in [-0.39, 0.29) is 11.7 Å². The molecular formula is C18H18N2O2S. The molecule has 0 aliphatic carbocycles. The lowest BCUT2D eigenvalue weighted by Crippen LogP contribution is -2.24. The van der Waals surface area contributed by atoms with Gasteiger partial charge in [-0.05, 0) is 43.2 Å². The van der Waals surface area contributed by atoms with E-state index in [9.17, 15) is 9.90 Å². The second-order valence-electron chi connectivity index (χ2n) is 5.46. The number of para-hydroxylation sites is 1. The van der Waals surface area contributed by atoms with Crippen LogP contribution < -0.4 is 5.32 Å². The Morgan fingerprint density at radius 1 is 1.26 bits per heavy atom. The van der Waals surface area contributed by atoms with Crippen molar-refractivity contribution in [3.05, 3.63) is 58.6 Å². The first-order chi connectivity index (χ1) is 11.1. The predicted octanol–water partition coefficient (Wildman–Crippen LogP) is 3.67. The number of aromatic hydroxyl groups is 1. The Bertz CT molecular complexity index is 809. The van der Waals surface area contributed by atoms with Gasteiger partial charge in [0, 0.05) is 13.0 Å². The second kappa shape index (κ2) is 6.79. The van der Waals surface area contributed by atoms with Crippen molar-refractivity contribution in [1.29, 1.82) is 0 Å². The number of aryl methyl sites for hydroxylation is 2. The molecule has 118 valence electrons. The standard InChI is InChI=1S/C18H18N2O2S/c1-12-8-9-13(15(21)11-12)18(22)19-10-4-7-17-20-14-5-2-3-6-16(14)23-17/h2-3,5-6,8-9,11,21H,4,7,10H2,1H3,(H,19,22). The van der Waals surface area contributed by atoms with Crippen LogP contribution >= 0.6 is 11.3 Å². The average molecular weight is 326 g/mol. The molecule has 4 nitrogen and oxygen atoms in total. The van der Waals surface area contributed by atoms with Crippen LogP contribution in [0.2, 0.25) is 0 Å². The monoisotopic (exact) mass is 326 g/mol. The van der Waals surface area contributed by atoms with Crippen molar-refractivity contribution in [3.8, 4) is 5.75 Å². The van der Waals surface area contributed by atoms with E-state index in [4.69, 9.17) is 0 Å².